The van der Waals surface area contributed by atoms with Crippen LogP contribution in [0, 0.1) is 5.82 Å². The molecule has 0 saturated carbocycles. The van der Waals surface area contributed by atoms with Gasteiger partial charge in [-0.05, 0) is 73.1 Å². The molecule has 3 heterocycles. The number of methoxy groups -OCH3 is 1. The number of hydrogen-bond acceptors (Lipinski definition) is 3. The quantitative estimate of drug-likeness (QED) is 0.260. The molecule has 6 nitrogen and oxygen atoms in total. The summed E-state index contributed by atoms with van der Waals surface area (Å²) in [5.74, 6) is 0.185. The molecule has 1 N–H and O–H groups in total. The molecule has 1 atom stereocenters. The molecule has 1 saturated heterocycles. The maximum Gasteiger partial charge on any atom is 0.247 e. The second kappa shape index (κ2) is 12.4. The van der Waals surface area contributed by atoms with Crippen molar-refractivity contribution in [2.45, 2.75) is 51.0 Å². The fourth-order valence-corrected chi connectivity index (χ4v) is 5.72. The number of carbonyl (C=O) groups excluding carboxylic acids is 1. The standard InChI is InChI=1S/C32H36FN3O3/c1-39-19-5-18-36-29-9-3-8-28(33)27(29)20-30(36)26-7-4-17-35(22-26)32(38)10-2-6-23-11-13-24(14-12-23)25-15-16-31(37)34-21-25/h3,8-9,11-16,20-21,26H,2,4-7,10,17-19,22H2,1H3,(H,34,37). The van der Waals surface area contributed by atoms with Gasteiger partial charge in [-0.15, -0.1) is 0 Å². The lowest BCUT2D eigenvalue weighted by Crippen LogP contribution is -2.39. The van der Waals surface area contributed by atoms with Crippen LogP contribution in [0.15, 0.2) is 71.7 Å². The third-order valence-electron chi connectivity index (χ3n) is 7.77. The van der Waals surface area contributed by atoms with Crippen LogP contribution >= 0.6 is 0 Å². The summed E-state index contributed by atoms with van der Waals surface area (Å²) < 4.78 is 22.1. The third-order valence-corrected chi connectivity index (χ3v) is 7.77. The Labute approximate surface area is 228 Å². The summed E-state index contributed by atoms with van der Waals surface area (Å²) in [6.45, 7) is 2.87. The average molecular weight is 530 g/mol. The van der Waals surface area contributed by atoms with E-state index in [1.165, 1.54) is 17.7 Å². The molecule has 1 unspecified atom stereocenters. The third kappa shape index (κ3) is 6.31. The van der Waals surface area contributed by atoms with Crippen molar-refractivity contribution < 1.29 is 13.9 Å². The van der Waals surface area contributed by atoms with Crippen LogP contribution < -0.4 is 5.56 Å². The molecule has 1 amide bonds. The Kier molecular flexibility index (Phi) is 8.57. The molecule has 2 aromatic heterocycles. The second-order valence-electron chi connectivity index (χ2n) is 10.4. The van der Waals surface area contributed by atoms with Gasteiger partial charge < -0.3 is 19.2 Å². The van der Waals surface area contributed by atoms with Gasteiger partial charge in [0.15, 0.2) is 0 Å². The summed E-state index contributed by atoms with van der Waals surface area (Å²) in [5.41, 5.74) is 5.12. The van der Waals surface area contributed by atoms with Crippen molar-refractivity contribution in [1.82, 2.24) is 14.5 Å². The van der Waals surface area contributed by atoms with Gasteiger partial charge in [0.2, 0.25) is 11.5 Å². The van der Waals surface area contributed by atoms with E-state index in [2.05, 4.69) is 33.8 Å². The number of aryl methyl sites for hydroxylation is 2. The minimum atomic E-state index is -0.199. The van der Waals surface area contributed by atoms with Gasteiger partial charge in [0.1, 0.15) is 5.82 Å². The molecule has 0 bridgehead atoms. The van der Waals surface area contributed by atoms with E-state index in [0.717, 1.165) is 67.5 Å². The number of pyridine rings is 1. The van der Waals surface area contributed by atoms with Gasteiger partial charge in [-0.1, -0.05) is 30.3 Å². The molecule has 7 heteroatoms. The molecule has 0 aliphatic carbocycles. The number of ether oxygens (including phenoxy) is 1. The highest BCUT2D eigenvalue weighted by atomic mass is 19.1. The molecule has 204 valence electrons. The smallest absolute Gasteiger partial charge is 0.247 e. The SMILES string of the molecule is COCCCn1c(C2CCCN(C(=O)CCCc3ccc(-c4ccc(=O)[nH]c4)cc3)C2)cc2c(F)cccc21. The van der Waals surface area contributed by atoms with Gasteiger partial charge in [-0.2, -0.15) is 0 Å². The first-order chi connectivity index (χ1) is 19.0. The number of nitrogens with one attached hydrogen (secondary N) is 1. The molecule has 0 spiro atoms. The zero-order valence-electron chi connectivity index (χ0n) is 22.5. The zero-order chi connectivity index (χ0) is 27.2. The lowest BCUT2D eigenvalue weighted by molar-refractivity contribution is -0.132. The molecule has 1 aliphatic rings. The van der Waals surface area contributed by atoms with E-state index < -0.39 is 0 Å². The van der Waals surface area contributed by atoms with Crippen molar-refractivity contribution in [2.75, 3.05) is 26.8 Å². The van der Waals surface area contributed by atoms with Crippen molar-refractivity contribution in [1.29, 1.82) is 0 Å². The van der Waals surface area contributed by atoms with Crippen molar-refractivity contribution in [2.24, 2.45) is 0 Å². The highest BCUT2D eigenvalue weighted by Crippen LogP contribution is 2.33. The Morgan fingerprint density at radius 1 is 1.08 bits per heavy atom. The highest BCUT2D eigenvalue weighted by Gasteiger charge is 2.27. The number of halogens is 1. The predicted octanol–water partition coefficient (Wildman–Crippen LogP) is 5.90. The van der Waals surface area contributed by atoms with Crippen LogP contribution in [0.3, 0.4) is 0 Å². The minimum absolute atomic E-state index is 0.113. The van der Waals surface area contributed by atoms with E-state index in [9.17, 15) is 14.0 Å². The predicted molar refractivity (Wildman–Crippen MR) is 152 cm³/mol. The number of amides is 1. The largest absolute Gasteiger partial charge is 0.385 e. The molecule has 1 fully saturated rings. The Bertz CT molecular complexity index is 1450. The molecule has 5 rings (SSSR count). The fraction of sp³-hybridized carbons (Fsp3) is 0.375. The Hall–Kier alpha value is -3.71. The van der Waals surface area contributed by atoms with Crippen molar-refractivity contribution in [3.05, 3.63) is 94.3 Å². The number of nitrogens with zero attached hydrogens (tertiary/aromatic N) is 2. The first-order valence-electron chi connectivity index (χ1n) is 13.9. The monoisotopic (exact) mass is 529 g/mol. The summed E-state index contributed by atoms with van der Waals surface area (Å²) in [5, 5.41) is 0.653. The van der Waals surface area contributed by atoms with Crippen molar-refractivity contribution in [3.63, 3.8) is 0 Å². The molecule has 4 aromatic rings. The lowest BCUT2D eigenvalue weighted by Gasteiger charge is -2.33. The van der Waals surface area contributed by atoms with Gasteiger partial charge >= 0.3 is 0 Å². The number of aromatic amines is 1. The van der Waals surface area contributed by atoms with Crippen molar-refractivity contribution in [3.8, 4) is 11.1 Å². The van der Waals surface area contributed by atoms with E-state index >= 15 is 0 Å². The van der Waals surface area contributed by atoms with E-state index in [4.69, 9.17) is 4.74 Å². The van der Waals surface area contributed by atoms with Crippen LogP contribution in [-0.2, 0) is 22.5 Å². The Morgan fingerprint density at radius 2 is 1.90 bits per heavy atom. The lowest BCUT2D eigenvalue weighted by atomic mass is 9.94. The number of piperidine rings is 1. The van der Waals surface area contributed by atoms with Gasteiger partial charge in [-0.25, -0.2) is 4.39 Å². The summed E-state index contributed by atoms with van der Waals surface area (Å²) in [6.07, 6.45) is 6.66. The topological polar surface area (TPSA) is 67.3 Å². The van der Waals surface area contributed by atoms with E-state index in [-0.39, 0.29) is 23.2 Å². The first-order valence-corrected chi connectivity index (χ1v) is 13.9. The number of hydrogen-bond donors (Lipinski definition) is 1. The molecule has 39 heavy (non-hydrogen) atoms. The first kappa shape index (κ1) is 26.9. The number of H-pyrrole nitrogens is 1. The number of fused-ring (bicyclic) bond motifs is 1. The van der Waals surface area contributed by atoms with E-state index in [1.807, 2.05) is 23.1 Å². The van der Waals surface area contributed by atoms with E-state index in [0.29, 0.717) is 25.0 Å². The van der Waals surface area contributed by atoms with Crippen LogP contribution in [0.5, 0.6) is 0 Å². The molecule has 1 aliphatic heterocycles. The van der Waals surface area contributed by atoms with Crippen LogP contribution in [0.1, 0.15) is 49.3 Å². The van der Waals surface area contributed by atoms with Gasteiger partial charge in [-0.3, -0.25) is 9.59 Å². The summed E-state index contributed by atoms with van der Waals surface area (Å²) in [6, 6.07) is 18.9. The summed E-state index contributed by atoms with van der Waals surface area (Å²) in [4.78, 5) is 29.2. The van der Waals surface area contributed by atoms with Crippen LogP contribution in [0.4, 0.5) is 4.39 Å². The van der Waals surface area contributed by atoms with Crippen LogP contribution in [0.2, 0.25) is 0 Å². The number of likely N-dealkylation sites (tertiary alicyclic amines) is 1. The number of carbonyl (C=O) groups is 1. The number of benzene rings is 2. The average Bonchev–Trinajstić information content (AvgIpc) is 3.34. The molecule has 0 radical (unpaired) electrons. The Balaban J connectivity index is 1.20. The van der Waals surface area contributed by atoms with Crippen LogP contribution in [-0.4, -0.2) is 47.2 Å². The van der Waals surface area contributed by atoms with Crippen LogP contribution in [0.25, 0.3) is 22.0 Å². The fourth-order valence-electron chi connectivity index (χ4n) is 5.72. The highest BCUT2D eigenvalue weighted by molar-refractivity contribution is 5.82. The summed E-state index contributed by atoms with van der Waals surface area (Å²) in [7, 11) is 1.70. The van der Waals surface area contributed by atoms with E-state index in [1.54, 1.807) is 19.4 Å². The van der Waals surface area contributed by atoms with Gasteiger partial charge in [0.05, 0.1) is 5.52 Å². The molecule has 2 aromatic carbocycles. The molecular formula is C32H36FN3O3. The minimum Gasteiger partial charge on any atom is -0.385 e. The number of aromatic nitrogens is 2. The second-order valence-corrected chi connectivity index (χ2v) is 10.4. The maximum absolute atomic E-state index is 14.6. The maximum atomic E-state index is 14.6. The van der Waals surface area contributed by atoms with Gasteiger partial charge in [0.25, 0.3) is 0 Å². The molecular weight excluding hydrogens is 493 g/mol. The zero-order valence-corrected chi connectivity index (χ0v) is 22.5. The normalized spacial score (nSPS) is 15.6. The Morgan fingerprint density at radius 3 is 2.67 bits per heavy atom. The van der Waals surface area contributed by atoms with Crippen molar-refractivity contribution >= 4 is 16.8 Å². The number of rotatable bonds is 10. The van der Waals surface area contributed by atoms with Gasteiger partial charge in [0, 0.05) is 69.0 Å². The summed E-state index contributed by atoms with van der Waals surface area (Å²) >= 11 is 0.